The van der Waals surface area contributed by atoms with Gasteiger partial charge in [0.25, 0.3) is 0 Å². The molecular formula is C16H20F3NS. The fourth-order valence-electron chi connectivity index (χ4n) is 3.34. The van der Waals surface area contributed by atoms with Gasteiger partial charge in [-0.3, -0.25) is 0 Å². The Labute approximate surface area is 127 Å². The first-order chi connectivity index (χ1) is 9.99. The molecule has 1 aromatic rings. The predicted molar refractivity (Wildman–Crippen MR) is 80.4 cm³/mol. The molecule has 3 rings (SSSR count). The standard InChI is InChI=1S/C16H20F3NS/c17-16(18,19)21-15-8-6-13(7-9-15)20-14-3-1-2-12(10-14)11-4-5-11/h6-9,11-12,14,20H,1-5,10H2. The largest absolute Gasteiger partial charge is 0.446 e. The fourth-order valence-corrected chi connectivity index (χ4v) is 3.88. The van der Waals surface area contributed by atoms with E-state index in [1.807, 2.05) is 0 Å². The highest BCUT2D eigenvalue weighted by Crippen LogP contribution is 2.44. The number of thioether (sulfide) groups is 1. The normalized spacial score (nSPS) is 26.6. The molecule has 2 atom stereocenters. The Morgan fingerprint density at radius 3 is 2.29 bits per heavy atom. The molecule has 2 unspecified atom stereocenters. The van der Waals surface area contributed by atoms with Crippen molar-refractivity contribution in [2.24, 2.45) is 11.8 Å². The molecule has 5 heteroatoms. The summed E-state index contributed by atoms with van der Waals surface area (Å²) in [6, 6.07) is 7.08. The Hall–Kier alpha value is -0.840. The second kappa shape index (κ2) is 6.11. The number of hydrogen-bond donors (Lipinski definition) is 1. The number of anilines is 1. The highest BCUT2D eigenvalue weighted by molar-refractivity contribution is 8.00. The van der Waals surface area contributed by atoms with Gasteiger partial charge in [-0.25, -0.2) is 0 Å². The van der Waals surface area contributed by atoms with Crippen LogP contribution >= 0.6 is 11.8 Å². The van der Waals surface area contributed by atoms with E-state index in [9.17, 15) is 13.2 Å². The van der Waals surface area contributed by atoms with E-state index in [4.69, 9.17) is 0 Å². The molecule has 1 nitrogen and oxygen atoms in total. The second-order valence-corrected chi connectivity index (χ2v) is 7.32. The van der Waals surface area contributed by atoms with Crippen LogP contribution < -0.4 is 5.32 Å². The maximum Gasteiger partial charge on any atom is 0.446 e. The quantitative estimate of drug-likeness (QED) is 0.717. The van der Waals surface area contributed by atoms with E-state index in [0.29, 0.717) is 6.04 Å². The molecule has 21 heavy (non-hydrogen) atoms. The van der Waals surface area contributed by atoms with Crippen molar-refractivity contribution in [1.29, 1.82) is 0 Å². The average Bonchev–Trinajstić information content (AvgIpc) is 3.24. The minimum atomic E-state index is -4.21. The van der Waals surface area contributed by atoms with Crippen LogP contribution in [0.25, 0.3) is 0 Å². The Balaban J connectivity index is 1.54. The molecule has 1 aromatic carbocycles. The highest BCUT2D eigenvalue weighted by atomic mass is 32.2. The van der Waals surface area contributed by atoms with Gasteiger partial charge in [0.05, 0.1) is 0 Å². The van der Waals surface area contributed by atoms with Crippen LogP contribution in [0.4, 0.5) is 18.9 Å². The maximum absolute atomic E-state index is 12.3. The molecular weight excluding hydrogens is 295 g/mol. The van der Waals surface area contributed by atoms with Gasteiger partial charge >= 0.3 is 5.51 Å². The zero-order valence-corrected chi connectivity index (χ0v) is 12.6. The zero-order chi connectivity index (χ0) is 14.9. The van der Waals surface area contributed by atoms with Gasteiger partial charge in [0.2, 0.25) is 0 Å². The summed E-state index contributed by atoms with van der Waals surface area (Å²) in [7, 11) is 0. The van der Waals surface area contributed by atoms with E-state index in [-0.39, 0.29) is 16.7 Å². The lowest BCUT2D eigenvalue weighted by Crippen LogP contribution is -2.28. The lowest BCUT2D eigenvalue weighted by Gasteiger charge is -2.30. The molecule has 1 N–H and O–H groups in total. The Morgan fingerprint density at radius 2 is 1.67 bits per heavy atom. The van der Waals surface area contributed by atoms with Gasteiger partial charge in [0.1, 0.15) is 0 Å². The van der Waals surface area contributed by atoms with Crippen LogP contribution in [0.15, 0.2) is 29.2 Å². The first kappa shape index (κ1) is 15.1. The summed E-state index contributed by atoms with van der Waals surface area (Å²) in [4.78, 5) is 0.243. The lowest BCUT2D eigenvalue weighted by molar-refractivity contribution is -0.0328. The molecule has 0 amide bonds. The van der Waals surface area contributed by atoms with Crippen molar-refractivity contribution >= 4 is 17.4 Å². The van der Waals surface area contributed by atoms with Crippen LogP contribution in [0.3, 0.4) is 0 Å². The topological polar surface area (TPSA) is 12.0 Å². The molecule has 2 aliphatic carbocycles. The number of nitrogens with one attached hydrogen (secondary N) is 1. The van der Waals surface area contributed by atoms with Crippen LogP contribution in [0.5, 0.6) is 0 Å². The average molecular weight is 315 g/mol. The minimum Gasteiger partial charge on any atom is -0.382 e. The molecule has 2 fully saturated rings. The summed E-state index contributed by atoms with van der Waals surface area (Å²) in [5.74, 6) is 1.80. The molecule has 0 aliphatic heterocycles. The van der Waals surface area contributed by atoms with Crippen LogP contribution in [0, 0.1) is 11.8 Å². The molecule has 0 radical (unpaired) electrons. The van der Waals surface area contributed by atoms with Crippen molar-refractivity contribution < 1.29 is 13.2 Å². The summed E-state index contributed by atoms with van der Waals surface area (Å²) < 4.78 is 36.9. The molecule has 0 saturated heterocycles. The van der Waals surface area contributed by atoms with Crippen LogP contribution in [-0.2, 0) is 0 Å². The third kappa shape index (κ3) is 4.56. The fraction of sp³-hybridized carbons (Fsp3) is 0.625. The maximum atomic E-state index is 12.3. The van der Waals surface area contributed by atoms with Crippen LogP contribution in [-0.4, -0.2) is 11.6 Å². The summed E-state index contributed by atoms with van der Waals surface area (Å²) in [6.45, 7) is 0. The Kier molecular flexibility index (Phi) is 4.38. The SMILES string of the molecule is FC(F)(F)Sc1ccc(NC2CCCC(C3CC3)C2)cc1. The van der Waals surface area contributed by atoms with Gasteiger partial charge in [-0.2, -0.15) is 13.2 Å². The van der Waals surface area contributed by atoms with Crippen molar-refractivity contribution in [2.75, 3.05) is 5.32 Å². The van der Waals surface area contributed by atoms with Gasteiger partial charge < -0.3 is 5.32 Å². The number of hydrogen-bond acceptors (Lipinski definition) is 2. The lowest BCUT2D eigenvalue weighted by atomic mass is 9.82. The van der Waals surface area contributed by atoms with Gasteiger partial charge in [-0.15, -0.1) is 0 Å². The first-order valence-electron chi connectivity index (χ1n) is 7.62. The molecule has 2 aliphatic rings. The molecule has 116 valence electrons. The predicted octanol–water partition coefficient (Wildman–Crippen LogP) is 5.68. The number of benzene rings is 1. The number of alkyl halides is 3. The van der Waals surface area contributed by atoms with Crippen molar-refractivity contribution in [3.05, 3.63) is 24.3 Å². The summed E-state index contributed by atoms with van der Waals surface area (Å²) in [5, 5.41) is 3.49. The van der Waals surface area contributed by atoms with Crippen LogP contribution in [0.1, 0.15) is 38.5 Å². The van der Waals surface area contributed by atoms with Crippen molar-refractivity contribution in [3.8, 4) is 0 Å². The van der Waals surface area contributed by atoms with E-state index in [0.717, 1.165) is 17.5 Å². The zero-order valence-electron chi connectivity index (χ0n) is 11.8. The van der Waals surface area contributed by atoms with Crippen molar-refractivity contribution in [1.82, 2.24) is 0 Å². The van der Waals surface area contributed by atoms with Crippen molar-refractivity contribution in [3.63, 3.8) is 0 Å². The first-order valence-corrected chi connectivity index (χ1v) is 8.43. The molecule has 0 bridgehead atoms. The molecule has 0 aromatic heterocycles. The monoisotopic (exact) mass is 315 g/mol. The van der Waals surface area contributed by atoms with Gasteiger partial charge in [-0.05, 0) is 73.5 Å². The van der Waals surface area contributed by atoms with Crippen molar-refractivity contribution in [2.45, 2.75) is 55.0 Å². The number of rotatable bonds is 4. The summed E-state index contributed by atoms with van der Waals surface area (Å²) in [5.41, 5.74) is -3.28. The van der Waals surface area contributed by atoms with Gasteiger partial charge in [-0.1, -0.05) is 12.8 Å². The number of halogens is 3. The summed E-state index contributed by atoms with van der Waals surface area (Å²) in [6.07, 6.45) is 7.78. The van der Waals surface area contributed by atoms with E-state index < -0.39 is 5.51 Å². The molecule has 0 spiro atoms. The van der Waals surface area contributed by atoms with Gasteiger partial charge in [0.15, 0.2) is 0 Å². The summed E-state index contributed by atoms with van der Waals surface area (Å²) >= 11 is -0.0597. The molecule has 2 saturated carbocycles. The van der Waals surface area contributed by atoms with E-state index >= 15 is 0 Å². The highest BCUT2D eigenvalue weighted by Gasteiger charge is 2.34. The van der Waals surface area contributed by atoms with E-state index in [2.05, 4.69) is 5.32 Å². The van der Waals surface area contributed by atoms with E-state index in [1.165, 1.54) is 38.5 Å². The second-order valence-electron chi connectivity index (χ2n) is 6.18. The third-order valence-electron chi connectivity index (χ3n) is 4.46. The van der Waals surface area contributed by atoms with Crippen LogP contribution in [0.2, 0.25) is 0 Å². The third-order valence-corrected chi connectivity index (χ3v) is 5.20. The Bertz CT molecular complexity index is 467. The smallest absolute Gasteiger partial charge is 0.382 e. The minimum absolute atomic E-state index is 0.0597. The van der Waals surface area contributed by atoms with E-state index in [1.54, 1.807) is 24.3 Å². The Morgan fingerprint density at radius 1 is 0.952 bits per heavy atom. The molecule has 0 heterocycles. The van der Waals surface area contributed by atoms with Gasteiger partial charge in [0, 0.05) is 16.6 Å².